The molecule has 0 aliphatic heterocycles. The van der Waals surface area contributed by atoms with E-state index in [1.165, 1.54) is 24.3 Å². The second-order valence-corrected chi connectivity index (χ2v) is 3.87. The standard InChI is InChI=1S/C15H9F3O/c16-15(17,18)13-7-3-11(4-8-13)1-2-12-5-9-14(19)10-6-12/h3-10,19H. The van der Waals surface area contributed by atoms with Gasteiger partial charge in [0.05, 0.1) is 5.56 Å². The van der Waals surface area contributed by atoms with E-state index in [-0.39, 0.29) is 5.75 Å². The summed E-state index contributed by atoms with van der Waals surface area (Å²) in [7, 11) is 0. The van der Waals surface area contributed by atoms with E-state index < -0.39 is 11.7 Å². The lowest BCUT2D eigenvalue weighted by Crippen LogP contribution is -2.04. The Morgan fingerprint density at radius 3 is 1.58 bits per heavy atom. The minimum absolute atomic E-state index is 0.139. The topological polar surface area (TPSA) is 20.2 Å². The Morgan fingerprint density at radius 2 is 1.16 bits per heavy atom. The van der Waals surface area contributed by atoms with Crippen molar-refractivity contribution >= 4 is 0 Å². The first-order valence-corrected chi connectivity index (χ1v) is 5.43. The molecule has 0 amide bonds. The predicted octanol–water partition coefficient (Wildman–Crippen LogP) is 3.81. The molecule has 0 bridgehead atoms. The van der Waals surface area contributed by atoms with Crippen LogP contribution in [0.15, 0.2) is 48.5 Å². The summed E-state index contributed by atoms with van der Waals surface area (Å²) in [6.45, 7) is 0. The second kappa shape index (κ2) is 5.07. The van der Waals surface area contributed by atoms with Gasteiger partial charge in [-0.3, -0.25) is 0 Å². The summed E-state index contributed by atoms with van der Waals surface area (Å²) in [4.78, 5) is 0. The Balaban J connectivity index is 2.19. The molecule has 2 aromatic rings. The summed E-state index contributed by atoms with van der Waals surface area (Å²) < 4.78 is 37.0. The van der Waals surface area contributed by atoms with Crippen molar-refractivity contribution in [1.29, 1.82) is 0 Å². The first kappa shape index (κ1) is 13.0. The fraction of sp³-hybridized carbons (Fsp3) is 0.0667. The number of phenols is 1. The number of rotatable bonds is 0. The molecule has 19 heavy (non-hydrogen) atoms. The molecule has 0 spiro atoms. The molecule has 0 saturated heterocycles. The van der Waals surface area contributed by atoms with Crippen molar-refractivity contribution in [3.63, 3.8) is 0 Å². The van der Waals surface area contributed by atoms with E-state index in [0.29, 0.717) is 11.1 Å². The van der Waals surface area contributed by atoms with Gasteiger partial charge >= 0.3 is 6.18 Å². The molecule has 0 atom stereocenters. The van der Waals surface area contributed by atoms with Crippen molar-refractivity contribution in [2.24, 2.45) is 0 Å². The van der Waals surface area contributed by atoms with Gasteiger partial charge < -0.3 is 5.11 Å². The highest BCUT2D eigenvalue weighted by atomic mass is 19.4. The fourth-order valence-electron chi connectivity index (χ4n) is 1.43. The molecule has 0 saturated carbocycles. The summed E-state index contributed by atoms with van der Waals surface area (Å²) in [6, 6.07) is 10.9. The summed E-state index contributed by atoms with van der Waals surface area (Å²) in [6.07, 6.45) is -4.33. The third-order valence-corrected chi connectivity index (χ3v) is 2.43. The molecule has 0 aliphatic carbocycles. The molecule has 0 aliphatic rings. The molecule has 1 nitrogen and oxygen atoms in total. The van der Waals surface area contributed by atoms with Crippen LogP contribution < -0.4 is 0 Å². The number of aromatic hydroxyl groups is 1. The highest BCUT2D eigenvalue weighted by Gasteiger charge is 2.29. The van der Waals surface area contributed by atoms with E-state index in [1.807, 2.05) is 0 Å². The van der Waals surface area contributed by atoms with Crippen LogP contribution in [-0.4, -0.2) is 5.11 Å². The van der Waals surface area contributed by atoms with Crippen LogP contribution in [0.3, 0.4) is 0 Å². The zero-order valence-electron chi connectivity index (χ0n) is 9.70. The number of hydrogen-bond donors (Lipinski definition) is 1. The van der Waals surface area contributed by atoms with Crippen molar-refractivity contribution in [3.8, 4) is 17.6 Å². The number of alkyl halides is 3. The number of hydrogen-bond acceptors (Lipinski definition) is 1. The van der Waals surface area contributed by atoms with E-state index in [1.54, 1.807) is 12.1 Å². The zero-order valence-corrected chi connectivity index (χ0v) is 9.70. The third-order valence-electron chi connectivity index (χ3n) is 2.43. The van der Waals surface area contributed by atoms with Crippen LogP contribution in [0.4, 0.5) is 13.2 Å². The fourth-order valence-corrected chi connectivity index (χ4v) is 1.43. The van der Waals surface area contributed by atoms with E-state index in [4.69, 9.17) is 5.11 Å². The first-order valence-electron chi connectivity index (χ1n) is 5.43. The van der Waals surface area contributed by atoms with E-state index in [9.17, 15) is 13.2 Å². The third kappa shape index (κ3) is 3.52. The predicted molar refractivity (Wildman–Crippen MR) is 65.5 cm³/mol. The molecular weight excluding hydrogens is 253 g/mol. The maximum Gasteiger partial charge on any atom is 0.416 e. The Labute approximate surface area is 108 Å². The molecule has 0 unspecified atom stereocenters. The smallest absolute Gasteiger partial charge is 0.416 e. The first-order chi connectivity index (χ1) is 8.95. The molecule has 1 N–H and O–H groups in total. The number of benzene rings is 2. The van der Waals surface area contributed by atoms with Crippen LogP contribution in [0.25, 0.3) is 0 Å². The number of phenolic OH excluding ortho intramolecular Hbond substituents is 1. The monoisotopic (exact) mass is 262 g/mol. The Kier molecular flexibility index (Phi) is 3.48. The van der Waals surface area contributed by atoms with Gasteiger partial charge in [0.25, 0.3) is 0 Å². The van der Waals surface area contributed by atoms with Gasteiger partial charge in [-0.2, -0.15) is 13.2 Å². The highest BCUT2D eigenvalue weighted by molar-refractivity contribution is 5.44. The minimum atomic E-state index is -4.33. The average molecular weight is 262 g/mol. The van der Waals surface area contributed by atoms with Gasteiger partial charge in [-0.15, -0.1) is 0 Å². The quantitative estimate of drug-likeness (QED) is 0.716. The molecule has 2 rings (SSSR count). The molecule has 0 aromatic heterocycles. The molecule has 0 fully saturated rings. The summed E-state index contributed by atoms with van der Waals surface area (Å²) in [5, 5.41) is 9.09. The van der Waals surface area contributed by atoms with Crippen molar-refractivity contribution < 1.29 is 18.3 Å². The van der Waals surface area contributed by atoms with Gasteiger partial charge in [0.15, 0.2) is 0 Å². The number of halogens is 3. The Hall–Kier alpha value is -2.41. The van der Waals surface area contributed by atoms with Crippen molar-refractivity contribution in [3.05, 3.63) is 65.2 Å². The summed E-state index contributed by atoms with van der Waals surface area (Å²) in [5.74, 6) is 5.70. The van der Waals surface area contributed by atoms with Crippen LogP contribution in [0.5, 0.6) is 5.75 Å². The zero-order chi connectivity index (χ0) is 13.9. The van der Waals surface area contributed by atoms with Gasteiger partial charge in [-0.1, -0.05) is 11.8 Å². The normalized spacial score (nSPS) is 10.7. The summed E-state index contributed by atoms with van der Waals surface area (Å²) >= 11 is 0. The molecule has 2 aromatic carbocycles. The molecule has 0 heterocycles. The van der Waals surface area contributed by atoms with E-state index in [2.05, 4.69) is 11.8 Å². The van der Waals surface area contributed by atoms with Crippen LogP contribution >= 0.6 is 0 Å². The van der Waals surface area contributed by atoms with Gasteiger partial charge in [0.2, 0.25) is 0 Å². The highest BCUT2D eigenvalue weighted by Crippen LogP contribution is 2.28. The van der Waals surface area contributed by atoms with Crippen LogP contribution in [0.2, 0.25) is 0 Å². The lowest BCUT2D eigenvalue weighted by Gasteiger charge is -2.05. The SMILES string of the molecule is Oc1ccc(C#Cc2ccc(C(F)(F)F)cc2)cc1. The molecular formula is C15H9F3O. The van der Waals surface area contributed by atoms with Crippen LogP contribution in [-0.2, 0) is 6.18 Å². The van der Waals surface area contributed by atoms with Crippen molar-refractivity contribution in [2.75, 3.05) is 0 Å². The van der Waals surface area contributed by atoms with Gasteiger partial charge in [0, 0.05) is 11.1 Å². The minimum Gasteiger partial charge on any atom is -0.508 e. The summed E-state index contributed by atoms with van der Waals surface area (Å²) in [5.41, 5.74) is 0.487. The lowest BCUT2D eigenvalue weighted by molar-refractivity contribution is -0.137. The average Bonchev–Trinajstić information content (AvgIpc) is 2.37. The maximum absolute atomic E-state index is 12.3. The lowest BCUT2D eigenvalue weighted by atomic mass is 10.1. The van der Waals surface area contributed by atoms with Gasteiger partial charge in [-0.05, 0) is 48.5 Å². The molecule has 4 heteroatoms. The van der Waals surface area contributed by atoms with Crippen molar-refractivity contribution in [1.82, 2.24) is 0 Å². The van der Waals surface area contributed by atoms with Gasteiger partial charge in [0.1, 0.15) is 5.75 Å². The van der Waals surface area contributed by atoms with Crippen LogP contribution in [0, 0.1) is 11.8 Å². The van der Waals surface area contributed by atoms with Gasteiger partial charge in [-0.25, -0.2) is 0 Å². The van der Waals surface area contributed by atoms with Crippen molar-refractivity contribution in [2.45, 2.75) is 6.18 Å². The molecule has 96 valence electrons. The maximum atomic E-state index is 12.3. The Morgan fingerprint density at radius 1 is 0.737 bits per heavy atom. The largest absolute Gasteiger partial charge is 0.508 e. The Bertz CT molecular complexity index is 614. The van der Waals surface area contributed by atoms with E-state index >= 15 is 0 Å². The van der Waals surface area contributed by atoms with Crippen LogP contribution in [0.1, 0.15) is 16.7 Å². The second-order valence-electron chi connectivity index (χ2n) is 3.87. The molecule has 0 radical (unpaired) electrons. The van der Waals surface area contributed by atoms with E-state index in [0.717, 1.165) is 12.1 Å².